The molecule has 0 radical (unpaired) electrons. The lowest BCUT2D eigenvalue weighted by Gasteiger charge is -2.40. The molecule has 2 fully saturated rings. The molecule has 10 nitrogen and oxygen atoms in total. The highest BCUT2D eigenvalue weighted by Gasteiger charge is 2.43. The summed E-state index contributed by atoms with van der Waals surface area (Å²) in [5.41, 5.74) is 0.0232. The van der Waals surface area contributed by atoms with Crippen molar-refractivity contribution in [1.29, 1.82) is 0 Å². The van der Waals surface area contributed by atoms with Crippen LogP contribution in [0.3, 0.4) is 0 Å². The van der Waals surface area contributed by atoms with Gasteiger partial charge in [-0.2, -0.15) is 9.97 Å². The number of ether oxygens (including phenoxy) is 1. The normalized spacial score (nSPS) is 20.2. The fraction of sp³-hybridized carbons (Fsp3) is 0.450. The lowest BCUT2D eigenvalue weighted by molar-refractivity contribution is 0.114. The predicted octanol–water partition coefficient (Wildman–Crippen LogP) is 2.50. The molecule has 12 heteroatoms. The molecule has 3 aromatic heterocycles. The predicted molar refractivity (Wildman–Crippen MR) is 114 cm³/mol. The molecule has 1 amide bonds. The van der Waals surface area contributed by atoms with Gasteiger partial charge in [-0.1, -0.05) is 11.6 Å². The Labute approximate surface area is 187 Å². The van der Waals surface area contributed by atoms with Gasteiger partial charge in [0.25, 0.3) is 0 Å². The number of imidazole rings is 1. The lowest BCUT2D eigenvalue weighted by Crippen LogP contribution is -2.55. The van der Waals surface area contributed by atoms with Gasteiger partial charge in [-0.15, -0.1) is 0 Å². The minimum atomic E-state index is -0.914. The smallest absolute Gasteiger partial charge is 0.407 e. The molecule has 0 spiro atoms. The number of halogens is 2. The van der Waals surface area contributed by atoms with Crippen LogP contribution in [0.2, 0.25) is 5.15 Å². The van der Waals surface area contributed by atoms with E-state index in [0.29, 0.717) is 30.7 Å². The lowest BCUT2D eigenvalue weighted by atomic mass is 10.2. The first-order chi connectivity index (χ1) is 15.4. The summed E-state index contributed by atoms with van der Waals surface area (Å²) in [4.78, 5) is 32.1. The molecule has 1 N–H and O–H groups in total. The minimum absolute atomic E-state index is 0.0232. The molecule has 2 bridgehead atoms. The molecule has 2 aliphatic rings. The number of fused-ring (bicyclic) bond motifs is 3. The van der Waals surface area contributed by atoms with E-state index >= 15 is 0 Å². The number of anilines is 1. The molecule has 32 heavy (non-hydrogen) atoms. The van der Waals surface area contributed by atoms with E-state index in [2.05, 4.69) is 19.9 Å². The fourth-order valence-corrected chi connectivity index (χ4v) is 4.70. The Bertz CT molecular complexity index is 1180. The van der Waals surface area contributed by atoms with E-state index < -0.39 is 11.9 Å². The number of nitrogens with zero attached hydrogens (tertiary/aromatic N) is 7. The monoisotopic (exact) mass is 461 g/mol. The number of hydrogen-bond acceptors (Lipinski definition) is 7. The summed E-state index contributed by atoms with van der Waals surface area (Å²) in [5.74, 6) is 0.562. The van der Waals surface area contributed by atoms with Gasteiger partial charge in [0.2, 0.25) is 0 Å². The summed E-state index contributed by atoms with van der Waals surface area (Å²) < 4.78 is 22.4. The van der Waals surface area contributed by atoms with E-state index in [4.69, 9.17) is 16.3 Å². The molecule has 2 atom stereocenters. The van der Waals surface area contributed by atoms with Crippen molar-refractivity contribution in [3.63, 3.8) is 0 Å². The SMILES string of the molecule is Cn1ccnc1CCOc1nc(N2C[C@H]3CC[C@@H](C2)N3C(=O)O)c2cnc(Cl)c(F)c2n1. The van der Waals surface area contributed by atoms with Crippen LogP contribution >= 0.6 is 11.6 Å². The highest BCUT2D eigenvalue weighted by molar-refractivity contribution is 6.30. The number of aryl methyl sites for hydroxylation is 1. The first kappa shape index (κ1) is 20.7. The molecule has 0 unspecified atom stereocenters. The summed E-state index contributed by atoms with van der Waals surface area (Å²) in [6.45, 7) is 1.16. The van der Waals surface area contributed by atoms with Crippen LogP contribution in [0.5, 0.6) is 6.01 Å². The Kier molecular flexibility index (Phi) is 5.20. The van der Waals surface area contributed by atoms with Crippen LogP contribution in [-0.2, 0) is 13.5 Å². The maximum absolute atomic E-state index is 14.8. The Morgan fingerprint density at radius 1 is 1.28 bits per heavy atom. The van der Waals surface area contributed by atoms with Gasteiger partial charge in [0.05, 0.1) is 24.1 Å². The average molecular weight is 462 g/mol. The zero-order chi connectivity index (χ0) is 22.4. The minimum Gasteiger partial charge on any atom is -0.465 e. The molecule has 5 rings (SSSR count). The second-order valence-electron chi connectivity index (χ2n) is 7.99. The number of carboxylic acid groups (broad SMARTS) is 1. The Balaban J connectivity index is 1.47. The second-order valence-corrected chi connectivity index (χ2v) is 8.35. The molecule has 0 aromatic carbocycles. The van der Waals surface area contributed by atoms with Gasteiger partial charge in [0, 0.05) is 45.1 Å². The van der Waals surface area contributed by atoms with Crippen molar-refractivity contribution >= 4 is 34.4 Å². The van der Waals surface area contributed by atoms with Crippen molar-refractivity contribution in [2.45, 2.75) is 31.3 Å². The van der Waals surface area contributed by atoms with Crippen LogP contribution in [0.4, 0.5) is 15.0 Å². The first-order valence-corrected chi connectivity index (χ1v) is 10.7. The summed E-state index contributed by atoms with van der Waals surface area (Å²) >= 11 is 5.89. The van der Waals surface area contributed by atoms with Gasteiger partial charge in [0.1, 0.15) is 17.2 Å². The maximum atomic E-state index is 14.8. The largest absolute Gasteiger partial charge is 0.465 e. The van der Waals surface area contributed by atoms with Crippen LogP contribution in [0.25, 0.3) is 10.9 Å². The van der Waals surface area contributed by atoms with E-state index in [1.54, 1.807) is 6.20 Å². The molecular weight excluding hydrogens is 441 g/mol. The van der Waals surface area contributed by atoms with E-state index in [1.165, 1.54) is 11.1 Å². The van der Waals surface area contributed by atoms with Crippen molar-refractivity contribution in [2.75, 3.05) is 24.6 Å². The molecule has 3 aromatic rings. The van der Waals surface area contributed by atoms with Crippen molar-refractivity contribution in [1.82, 2.24) is 29.4 Å². The number of hydrogen-bond donors (Lipinski definition) is 1. The van der Waals surface area contributed by atoms with E-state index in [9.17, 15) is 14.3 Å². The topological polar surface area (TPSA) is 110 Å². The Morgan fingerprint density at radius 2 is 2.03 bits per heavy atom. The number of carbonyl (C=O) groups is 1. The van der Waals surface area contributed by atoms with Gasteiger partial charge in [-0.05, 0) is 12.8 Å². The second kappa shape index (κ2) is 8.05. The van der Waals surface area contributed by atoms with Crippen molar-refractivity contribution in [3.8, 4) is 6.01 Å². The zero-order valence-corrected chi connectivity index (χ0v) is 18.0. The molecule has 0 saturated carbocycles. The van der Waals surface area contributed by atoms with E-state index in [1.807, 2.05) is 22.7 Å². The summed E-state index contributed by atoms with van der Waals surface area (Å²) in [6, 6.07) is -0.265. The van der Waals surface area contributed by atoms with Crippen LogP contribution in [0.1, 0.15) is 18.7 Å². The molecule has 0 aliphatic carbocycles. The van der Waals surface area contributed by atoms with Gasteiger partial charge in [-0.25, -0.2) is 19.2 Å². The third-order valence-electron chi connectivity index (χ3n) is 6.08. The van der Waals surface area contributed by atoms with Crippen molar-refractivity contribution in [3.05, 3.63) is 35.4 Å². The van der Waals surface area contributed by atoms with Gasteiger partial charge in [-0.3, -0.25) is 4.90 Å². The van der Waals surface area contributed by atoms with Crippen molar-refractivity contribution in [2.24, 2.45) is 7.05 Å². The highest BCUT2D eigenvalue weighted by Crippen LogP contribution is 2.36. The van der Waals surface area contributed by atoms with Crippen LogP contribution in [-0.4, -0.2) is 72.4 Å². The fourth-order valence-electron chi connectivity index (χ4n) is 4.56. The number of pyridine rings is 1. The Hall–Kier alpha value is -3.21. The molecular formula is C20H21ClFN7O3. The molecule has 2 saturated heterocycles. The molecule has 2 aliphatic heterocycles. The summed E-state index contributed by atoms with van der Waals surface area (Å²) in [7, 11) is 1.89. The quantitative estimate of drug-likeness (QED) is 0.577. The number of rotatable bonds is 5. The molecule has 5 heterocycles. The van der Waals surface area contributed by atoms with E-state index in [-0.39, 0.29) is 35.4 Å². The average Bonchev–Trinajstić information content (AvgIpc) is 3.30. The third kappa shape index (κ3) is 3.56. The van der Waals surface area contributed by atoms with Crippen molar-refractivity contribution < 1.29 is 19.0 Å². The summed E-state index contributed by atoms with van der Waals surface area (Å²) in [6.07, 6.45) is 6.16. The number of aromatic nitrogens is 5. The molecule has 168 valence electrons. The van der Waals surface area contributed by atoms with Gasteiger partial charge >= 0.3 is 12.1 Å². The number of amides is 1. The highest BCUT2D eigenvalue weighted by atomic mass is 35.5. The van der Waals surface area contributed by atoms with Crippen LogP contribution in [0.15, 0.2) is 18.6 Å². The standard InChI is InChI=1S/C20H21ClFN7O3/c1-27-6-5-23-14(27)4-7-32-19-25-16-13(8-24-17(21)15(16)22)18(26-19)28-9-11-2-3-12(10-28)29(11)20(30)31/h5-6,8,11-12H,2-4,7,9-10H2,1H3,(H,30,31)/t11-,12+. The van der Waals surface area contributed by atoms with Crippen LogP contribution < -0.4 is 9.64 Å². The number of piperazine rings is 1. The zero-order valence-electron chi connectivity index (χ0n) is 17.3. The van der Waals surface area contributed by atoms with Crippen LogP contribution in [0, 0.1) is 5.82 Å². The first-order valence-electron chi connectivity index (χ1n) is 10.3. The Morgan fingerprint density at radius 3 is 2.69 bits per heavy atom. The summed E-state index contributed by atoms with van der Waals surface area (Å²) in [5, 5.41) is 9.66. The third-order valence-corrected chi connectivity index (χ3v) is 6.34. The van der Waals surface area contributed by atoms with Gasteiger partial charge < -0.3 is 19.3 Å². The maximum Gasteiger partial charge on any atom is 0.407 e. The van der Waals surface area contributed by atoms with E-state index in [0.717, 1.165) is 18.7 Å². The van der Waals surface area contributed by atoms with Gasteiger partial charge in [0.15, 0.2) is 11.0 Å².